The van der Waals surface area contributed by atoms with Crippen LogP contribution >= 0.6 is 0 Å². The highest BCUT2D eigenvalue weighted by molar-refractivity contribution is 5.08. The summed E-state index contributed by atoms with van der Waals surface area (Å²) in [5, 5.41) is 7.23. The van der Waals surface area contributed by atoms with E-state index in [0.29, 0.717) is 24.2 Å². The number of aryl methyl sites for hydroxylation is 1. The van der Waals surface area contributed by atoms with Crippen molar-refractivity contribution in [3.8, 4) is 0 Å². The van der Waals surface area contributed by atoms with E-state index in [-0.39, 0.29) is 0 Å². The Morgan fingerprint density at radius 3 is 2.94 bits per heavy atom. The van der Waals surface area contributed by atoms with Gasteiger partial charge in [0.25, 0.3) is 0 Å². The second-order valence-electron chi connectivity index (χ2n) is 4.89. The zero-order valence-corrected chi connectivity index (χ0v) is 11.2. The van der Waals surface area contributed by atoms with Crippen molar-refractivity contribution in [2.75, 3.05) is 6.54 Å². The van der Waals surface area contributed by atoms with Crippen LogP contribution in [0.15, 0.2) is 22.9 Å². The Hall–Kier alpha value is -1.62. The molecule has 98 valence electrons. The Kier molecular flexibility index (Phi) is 4.15. The first kappa shape index (κ1) is 12.8. The second kappa shape index (κ2) is 5.82. The summed E-state index contributed by atoms with van der Waals surface area (Å²) < 4.78 is 7.26. The average Bonchev–Trinajstić information content (AvgIpc) is 2.89. The highest BCUT2D eigenvalue weighted by atomic mass is 16.5. The van der Waals surface area contributed by atoms with Crippen LogP contribution in [0.4, 0.5) is 0 Å². The van der Waals surface area contributed by atoms with Crippen LogP contribution in [0.2, 0.25) is 0 Å². The molecule has 2 heterocycles. The summed E-state index contributed by atoms with van der Waals surface area (Å²) in [7, 11) is 0. The van der Waals surface area contributed by atoms with Crippen molar-refractivity contribution in [2.45, 2.75) is 33.9 Å². The summed E-state index contributed by atoms with van der Waals surface area (Å²) in [6.45, 7) is 8.74. The molecule has 0 fully saturated rings. The molecule has 0 aliphatic carbocycles. The predicted octanol–water partition coefficient (Wildman–Crippen LogP) is 1.97. The molecule has 0 bridgehead atoms. The van der Waals surface area contributed by atoms with Gasteiger partial charge in [-0.2, -0.15) is 4.98 Å². The average molecular weight is 248 g/mol. The maximum atomic E-state index is 5.13. The van der Waals surface area contributed by atoms with E-state index >= 15 is 0 Å². The van der Waals surface area contributed by atoms with E-state index in [1.165, 1.54) is 5.69 Å². The first-order chi connectivity index (χ1) is 8.65. The van der Waals surface area contributed by atoms with E-state index in [9.17, 15) is 0 Å². The topological polar surface area (TPSA) is 55.9 Å². The quantitative estimate of drug-likeness (QED) is 0.849. The van der Waals surface area contributed by atoms with E-state index < -0.39 is 0 Å². The van der Waals surface area contributed by atoms with Crippen LogP contribution in [-0.4, -0.2) is 21.3 Å². The number of hydrogen-bond donors (Lipinski definition) is 1. The maximum Gasteiger partial charge on any atom is 0.246 e. The molecular weight excluding hydrogens is 228 g/mol. The van der Waals surface area contributed by atoms with Gasteiger partial charge in [-0.15, -0.1) is 0 Å². The summed E-state index contributed by atoms with van der Waals surface area (Å²) in [5.74, 6) is 1.98. The zero-order valence-electron chi connectivity index (χ0n) is 11.2. The third kappa shape index (κ3) is 3.43. The van der Waals surface area contributed by atoms with Gasteiger partial charge in [0.2, 0.25) is 5.89 Å². The fourth-order valence-corrected chi connectivity index (χ4v) is 1.80. The van der Waals surface area contributed by atoms with Crippen molar-refractivity contribution in [2.24, 2.45) is 5.92 Å². The van der Waals surface area contributed by atoms with Crippen LogP contribution in [0.25, 0.3) is 0 Å². The predicted molar refractivity (Wildman–Crippen MR) is 69.1 cm³/mol. The summed E-state index contributed by atoms with van der Waals surface area (Å²) >= 11 is 0. The van der Waals surface area contributed by atoms with Crippen LogP contribution < -0.4 is 5.32 Å². The summed E-state index contributed by atoms with van der Waals surface area (Å²) in [5.41, 5.74) is 1.23. The van der Waals surface area contributed by atoms with Crippen LogP contribution in [0.1, 0.15) is 31.3 Å². The van der Waals surface area contributed by atoms with E-state index in [1.54, 1.807) is 0 Å². The number of aromatic nitrogens is 3. The van der Waals surface area contributed by atoms with Crippen LogP contribution in [0.3, 0.4) is 0 Å². The molecule has 0 spiro atoms. The largest absolute Gasteiger partial charge is 0.341 e. The minimum atomic E-state index is 0.631. The highest BCUT2D eigenvalue weighted by Gasteiger charge is 2.06. The summed E-state index contributed by atoms with van der Waals surface area (Å²) in [6, 6.07) is 4.15. The Morgan fingerprint density at radius 2 is 2.28 bits per heavy atom. The SMILES string of the molecule is Cc1noc(Cn2cccc2CNCC(C)C)n1. The van der Waals surface area contributed by atoms with Gasteiger partial charge in [-0.1, -0.05) is 19.0 Å². The Bertz CT molecular complexity index is 487. The normalized spacial score (nSPS) is 11.3. The van der Waals surface area contributed by atoms with E-state index in [2.05, 4.69) is 39.9 Å². The van der Waals surface area contributed by atoms with Gasteiger partial charge >= 0.3 is 0 Å². The van der Waals surface area contributed by atoms with Crippen LogP contribution in [-0.2, 0) is 13.1 Å². The van der Waals surface area contributed by atoms with Gasteiger partial charge in [-0.05, 0) is 31.5 Å². The van der Waals surface area contributed by atoms with Gasteiger partial charge in [0.15, 0.2) is 5.82 Å². The fourth-order valence-electron chi connectivity index (χ4n) is 1.80. The first-order valence-electron chi connectivity index (χ1n) is 6.29. The van der Waals surface area contributed by atoms with E-state index in [4.69, 9.17) is 4.52 Å². The van der Waals surface area contributed by atoms with E-state index in [1.807, 2.05) is 19.2 Å². The molecule has 0 aromatic carbocycles. The minimum Gasteiger partial charge on any atom is -0.341 e. The lowest BCUT2D eigenvalue weighted by Crippen LogP contribution is -2.21. The third-order valence-electron chi connectivity index (χ3n) is 2.66. The van der Waals surface area contributed by atoms with Crippen molar-refractivity contribution >= 4 is 0 Å². The highest BCUT2D eigenvalue weighted by Crippen LogP contribution is 2.06. The molecule has 18 heavy (non-hydrogen) atoms. The van der Waals surface area contributed by atoms with Gasteiger partial charge in [-0.25, -0.2) is 0 Å². The Balaban J connectivity index is 1.95. The van der Waals surface area contributed by atoms with Gasteiger partial charge in [0.1, 0.15) is 6.54 Å². The molecule has 0 aliphatic heterocycles. The molecule has 5 nitrogen and oxygen atoms in total. The molecule has 0 amide bonds. The standard InChI is InChI=1S/C13H20N4O/c1-10(2)7-14-8-12-5-4-6-17(12)9-13-15-11(3)16-18-13/h4-6,10,14H,7-9H2,1-3H3. The third-order valence-corrected chi connectivity index (χ3v) is 2.66. The lowest BCUT2D eigenvalue weighted by atomic mass is 10.2. The van der Waals surface area contributed by atoms with E-state index in [0.717, 1.165) is 13.1 Å². The molecule has 5 heteroatoms. The lowest BCUT2D eigenvalue weighted by Gasteiger charge is -2.09. The molecule has 0 atom stereocenters. The number of nitrogens with one attached hydrogen (secondary N) is 1. The van der Waals surface area contributed by atoms with Crippen LogP contribution in [0, 0.1) is 12.8 Å². The minimum absolute atomic E-state index is 0.631. The molecule has 0 radical (unpaired) electrons. The lowest BCUT2D eigenvalue weighted by molar-refractivity contribution is 0.366. The molecule has 2 aromatic heterocycles. The van der Waals surface area contributed by atoms with Crippen molar-refractivity contribution in [1.29, 1.82) is 0 Å². The van der Waals surface area contributed by atoms with Crippen molar-refractivity contribution in [1.82, 2.24) is 20.0 Å². The van der Waals surface area contributed by atoms with Gasteiger partial charge < -0.3 is 14.4 Å². The molecule has 0 aliphatic rings. The van der Waals surface area contributed by atoms with Crippen molar-refractivity contribution < 1.29 is 4.52 Å². The Labute approximate surface area is 107 Å². The molecule has 2 rings (SSSR count). The summed E-state index contributed by atoms with van der Waals surface area (Å²) in [6.07, 6.45) is 2.03. The molecule has 1 N–H and O–H groups in total. The second-order valence-corrected chi connectivity index (χ2v) is 4.89. The van der Waals surface area contributed by atoms with Gasteiger partial charge in [0, 0.05) is 18.4 Å². The zero-order chi connectivity index (χ0) is 13.0. The monoisotopic (exact) mass is 248 g/mol. The van der Waals surface area contributed by atoms with Gasteiger partial charge in [0.05, 0.1) is 0 Å². The molecule has 0 saturated heterocycles. The fraction of sp³-hybridized carbons (Fsp3) is 0.538. The van der Waals surface area contributed by atoms with Gasteiger partial charge in [-0.3, -0.25) is 0 Å². The smallest absolute Gasteiger partial charge is 0.246 e. The number of rotatable bonds is 6. The summed E-state index contributed by atoms with van der Waals surface area (Å²) in [4.78, 5) is 4.22. The van der Waals surface area contributed by atoms with Crippen molar-refractivity contribution in [3.63, 3.8) is 0 Å². The van der Waals surface area contributed by atoms with Crippen LogP contribution in [0.5, 0.6) is 0 Å². The molecule has 0 saturated carbocycles. The molecular formula is C13H20N4O. The molecule has 0 unspecified atom stereocenters. The maximum absolute atomic E-state index is 5.13. The number of nitrogens with zero attached hydrogens (tertiary/aromatic N) is 3. The molecule has 2 aromatic rings. The Morgan fingerprint density at radius 1 is 1.44 bits per heavy atom. The van der Waals surface area contributed by atoms with Crippen molar-refractivity contribution in [3.05, 3.63) is 35.7 Å². The first-order valence-corrected chi connectivity index (χ1v) is 6.29. The number of hydrogen-bond acceptors (Lipinski definition) is 4.